The lowest BCUT2D eigenvalue weighted by molar-refractivity contribution is 0.206. The third-order valence-electron chi connectivity index (χ3n) is 4.08. The van der Waals surface area contributed by atoms with Gasteiger partial charge in [-0.15, -0.1) is 0 Å². The standard InChI is InChI=1S/C16H29N3O/c1-4-7-17-10-14-9-16(20-13-14)12-18(2)11-15-6-5-8-19(15)3/h9,13,15,17H,4-8,10-12H2,1-3H3. The van der Waals surface area contributed by atoms with Gasteiger partial charge in [-0.05, 0) is 52.5 Å². The Morgan fingerprint density at radius 2 is 2.35 bits per heavy atom. The van der Waals surface area contributed by atoms with Gasteiger partial charge in [0.25, 0.3) is 0 Å². The maximum atomic E-state index is 5.66. The topological polar surface area (TPSA) is 31.7 Å². The number of furan rings is 1. The second-order valence-electron chi connectivity index (χ2n) is 6.07. The van der Waals surface area contributed by atoms with Crippen molar-refractivity contribution in [1.82, 2.24) is 15.1 Å². The van der Waals surface area contributed by atoms with Crippen LogP contribution in [0.5, 0.6) is 0 Å². The van der Waals surface area contributed by atoms with Crippen LogP contribution in [-0.2, 0) is 13.1 Å². The highest BCUT2D eigenvalue weighted by atomic mass is 16.3. The first-order chi connectivity index (χ1) is 9.69. The molecular weight excluding hydrogens is 250 g/mol. The molecule has 4 nitrogen and oxygen atoms in total. The van der Waals surface area contributed by atoms with E-state index in [1.807, 2.05) is 6.26 Å². The Morgan fingerprint density at radius 3 is 3.05 bits per heavy atom. The number of likely N-dealkylation sites (tertiary alicyclic amines) is 1. The van der Waals surface area contributed by atoms with E-state index in [2.05, 4.69) is 42.2 Å². The zero-order chi connectivity index (χ0) is 14.4. The molecular formula is C16H29N3O. The molecule has 1 unspecified atom stereocenters. The number of likely N-dealkylation sites (N-methyl/N-ethyl adjacent to an activating group) is 2. The molecule has 1 atom stereocenters. The average Bonchev–Trinajstić information content (AvgIpc) is 3.00. The van der Waals surface area contributed by atoms with Crippen molar-refractivity contribution in [3.05, 3.63) is 23.7 Å². The van der Waals surface area contributed by atoms with E-state index in [-0.39, 0.29) is 0 Å². The lowest BCUT2D eigenvalue weighted by Gasteiger charge is -2.25. The van der Waals surface area contributed by atoms with E-state index in [1.165, 1.54) is 31.4 Å². The van der Waals surface area contributed by atoms with Gasteiger partial charge in [0.15, 0.2) is 0 Å². The van der Waals surface area contributed by atoms with Gasteiger partial charge in [0.1, 0.15) is 5.76 Å². The van der Waals surface area contributed by atoms with Crippen LogP contribution in [0.2, 0.25) is 0 Å². The number of nitrogens with one attached hydrogen (secondary N) is 1. The lowest BCUT2D eigenvalue weighted by Crippen LogP contribution is -2.36. The van der Waals surface area contributed by atoms with Gasteiger partial charge in [-0.2, -0.15) is 0 Å². The summed E-state index contributed by atoms with van der Waals surface area (Å²) in [6.07, 6.45) is 5.71. The fourth-order valence-corrected chi connectivity index (χ4v) is 2.91. The first kappa shape index (κ1) is 15.5. The van der Waals surface area contributed by atoms with Gasteiger partial charge in [-0.25, -0.2) is 0 Å². The highest BCUT2D eigenvalue weighted by Gasteiger charge is 2.22. The molecule has 0 aromatic carbocycles. The van der Waals surface area contributed by atoms with Crippen LogP contribution in [0.3, 0.4) is 0 Å². The molecule has 0 spiro atoms. The van der Waals surface area contributed by atoms with Gasteiger partial charge >= 0.3 is 0 Å². The summed E-state index contributed by atoms with van der Waals surface area (Å²) in [5.74, 6) is 1.07. The Balaban J connectivity index is 1.74. The molecule has 1 aliphatic rings. The van der Waals surface area contributed by atoms with Crippen LogP contribution in [0, 0.1) is 0 Å². The van der Waals surface area contributed by atoms with Crippen molar-refractivity contribution in [2.24, 2.45) is 0 Å². The zero-order valence-corrected chi connectivity index (χ0v) is 13.2. The van der Waals surface area contributed by atoms with Gasteiger partial charge in [0.2, 0.25) is 0 Å². The van der Waals surface area contributed by atoms with Crippen molar-refractivity contribution >= 4 is 0 Å². The minimum absolute atomic E-state index is 0.709. The minimum Gasteiger partial charge on any atom is -0.468 e. The third kappa shape index (κ3) is 4.62. The van der Waals surface area contributed by atoms with Gasteiger partial charge in [0, 0.05) is 24.7 Å². The summed E-state index contributed by atoms with van der Waals surface area (Å²) in [4.78, 5) is 4.84. The quantitative estimate of drug-likeness (QED) is 0.740. The molecule has 1 aliphatic heterocycles. The predicted octanol–water partition coefficient (Wildman–Crippen LogP) is 2.31. The summed E-state index contributed by atoms with van der Waals surface area (Å²) in [5.41, 5.74) is 1.25. The molecule has 0 radical (unpaired) electrons. The summed E-state index contributed by atoms with van der Waals surface area (Å²) in [6.45, 7) is 7.43. The van der Waals surface area contributed by atoms with Crippen LogP contribution in [-0.4, -0.2) is 49.6 Å². The van der Waals surface area contributed by atoms with Crippen LogP contribution >= 0.6 is 0 Å². The summed E-state index contributed by atoms with van der Waals surface area (Å²) in [5, 5.41) is 3.40. The van der Waals surface area contributed by atoms with Crippen LogP contribution in [0.25, 0.3) is 0 Å². The molecule has 20 heavy (non-hydrogen) atoms. The molecule has 0 amide bonds. The van der Waals surface area contributed by atoms with Crippen LogP contribution in [0.15, 0.2) is 16.7 Å². The molecule has 0 bridgehead atoms. The monoisotopic (exact) mass is 279 g/mol. The maximum Gasteiger partial charge on any atom is 0.118 e. The van der Waals surface area contributed by atoms with Crippen molar-refractivity contribution < 1.29 is 4.42 Å². The second-order valence-corrected chi connectivity index (χ2v) is 6.07. The van der Waals surface area contributed by atoms with E-state index in [9.17, 15) is 0 Å². The molecule has 114 valence electrons. The fourth-order valence-electron chi connectivity index (χ4n) is 2.91. The van der Waals surface area contributed by atoms with Crippen LogP contribution in [0.4, 0.5) is 0 Å². The number of rotatable bonds is 8. The van der Waals surface area contributed by atoms with E-state index >= 15 is 0 Å². The van der Waals surface area contributed by atoms with Crippen LogP contribution < -0.4 is 5.32 Å². The Kier molecular flexibility index (Phi) is 6.07. The molecule has 2 heterocycles. The Labute approximate surface area is 123 Å². The van der Waals surface area contributed by atoms with Crippen molar-refractivity contribution in [3.63, 3.8) is 0 Å². The molecule has 1 aromatic heterocycles. The van der Waals surface area contributed by atoms with E-state index in [0.29, 0.717) is 6.04 Å². The van der Waals surface area contributed by atoms with Crippen LogP contribution in [0.1, 0.15) is 37.5 Å². The minimum atomic E-state index is 0.709. The van der Waals surface area contributed by atoms with Gasteiger partial charge in [0.05, 0.1) is 12.8 Å². The second kappa shape index (κ2) is 7.81. The van der Waals surface area contributed by atoms with Crippen molar-refractivity contribution in [2.75, 3.05) is 33.7 Å². The molecule has 1 N–H and O–H groups in total. The van der Waals surface area contributed by atoms with Gasteiger partial charge in [-0.1, -0.05) is 6.92 Å². The predicted molar refractivity (Wildman–Crippen MR) is 82.7 cm³/mol. The largest absolute Gasteiger partial charge is 0.468 e. The number of hydrogen-bond donors (Lipinski definition) is 1. The Hall–Kier alpha value is -0.840. The molecule has 0 saturated carbocycles. The Morgan fingerprint density at radius 1 is 1.50 bits per heavy atom. The number of hydrogen-bond acceptors (Lipinski definition) is 4. The highest BCUT2D eigenvalue weighted by molar-refractivity contribution is 5.12. The SMILES string of the molecule is CCCNCc1coc(CN(C)CC2CCCN2C)c1. The third-order valence-corrected chi connectivity index (χ3v) is 4.08. The van der Waals surface area contributed by atoms with E-state index in [1.54, 1.807) is 0 Å². The Bertz CT molecular complexity index is 391. The highest BCUT2D eigenvalue weighted by Crippen LogP contribution is 2.17. The maximum absolute atomic E-state index is 5.66. The fraction of sp³-hybridized carbons (Fsp3) is 0.750. The van der Waals surface area contributed by atoms with Gasteiger partial charge in [-0.3, -0.25) is 4.90 Å². The summed E-state index contributed by atoms with van der Waals surface area (Å²) in [7, 11) is 4.42. The molecule has 1 aromatic rings. The van der Waals surface area contributed by atoms with Crippen molar-refractivity contribution in [3.8, 4) is 0 Å². The molecule has 1 saturated heterocycles. The van der Waals surface area contributed by atoms with E-state index in [0.717, 1.165) is 31.9 Å². The molecule has 1 fully saturated rings. The zero-order valence-electron chi connectivity index (χ0n) is 13.2. The first-order valence-electron chi connectivity index (χ1n) is 7.84. The summed E-state index contributed by atoms with van der Waals surface area (Å²) in [6, 6.07) is 2.89. The first-order valence-corrected chi connectivity index (χ1v) is 7.84. The summed E-state index contributed by atoms with van der Waals surface area (Å²) < 4.78 is 5.66. The average molecular weight is 279 g/mol. The molecule has 2 rings (SSSR count). The number of nitrogens with zero attached hydrogens (tertiary/aromatic N) is 2. The molecule has 0 aliphatic carbocycles. The van der Waals surface area contributed by atoms with E-state index < -0.39 is 0 Å². The lowest BCUT2D eigenvalue weighted by atomic mass is 10.2. The normalized spacial score (nSPS) is 20.1. The van der Waals surface area contributed by atoms with E-state index in [4.69, 9.17) is 4.42 Å². The van der Waals surface area contributed by atoms with Crippen molar-refractivity contribution in [1.29, 1.82) is 0 Å². The van der Waals surface area contributed by atoms with Crippen molar-refractivity contribution in [2.45, 2.75) is 45.3 Å². The smallest absolute Gasteiger partial charge is 0.118 e. The summed E-state index contributed by atoms with van der Waals surface area (Å²) >= 11 is 0. The molecule has 4 heteroatoms. The van der Waals surface area contributed by atoms with Gasteiger partial charge < -0.3 is 14.6 Å².